The molecule has 0 unspecified atom stereocenters. The van der Waals surface area contributed by atoms with Crippen LogP contribution in [-0.2, 0) is 6.18 Å². The Hall–Kier alpha value is -0.790. The van der Waals surface area contributed by atoms with Crippen LogP contribution >= 0.6 is 15.9 Å². The molecule has 0 aliphatic rings. The molecule has 0 aromatic carbocycles. The van der Waals surface area contributed by atoms with E-state index in [1.54, 1.807) is 0 Å². The van der Waals surface area contributed by atoms with Crippen molar-refractivity contribution in [3.8, 4) is 0 Å². The number of hydrogen-bond donors (Lipinski definition) is 0. The molecule has 0 aliphatic carbocycles. The molecule has 0 aliphatic heterocycles. The van der Waals surface area contributed by atoms with E-state index in [-0.39, 0.29) is 6.07 Å². The predicted octanol–water partition coefficient (Wildman–Crippen LogP) is 3.94. The number of aromatic nitrogens is 1. The molecule has 0 atom stereocenters. The lowest BCUT2D eigenvalue weighted by atomic mass is 10.2. The number of halogens is 7. The third-order valence-electron chi connectivity index (χ3n) is 1.50. The number of nitrogens with zero attached hydrogens (tertiary/aromatic N) is 1. The van der Waals surface area contributed by atoms with Gasteiger partial charge in [-0.2, -0.15) is 17.6 Å². The lowest BCUT2D eigenvalue weighted by Crippen LogP contribution is -2.11. The van der Waals surface area contributed by atoms with Gasteiger partial charge in [-0.15, -0.1) is 0 Å². The van der Waals surface area contributed by atoms with Gasteiger partial charge in [-0.05, 0) is 22.0 Å². The van der Waals surface area contributed by atoms with Crippen molar-refractivity contribution in [2.75, 3.05) is 0 Å². The summed E-state index contributed by atoms with van der Waals surface area (Å²) in [6.07, 6.45) is -8.20. The van der Waals surface area contributed by atoms with Crippen LogP contribution < -0.4 is 0 Å². The topological polar surface area (TPSA) is 12.9 Å². The van der Waals surface area contributed by atoms with Gasteiger partial charge in [0, 0.05) is 0 Å². The van der Waals surface area contributed by atoms with Gasteiger partial charge < -0.3 is 0 Å². The Morgan fingerprint density at radius 1 is 1.27 bits per heavy atom. The van der Waals surface area contributed by atoms with E-state index in [0.717, 1.165) is 0 Å². The molecular formula is C7H2BrF6N. The molecular weight excluding hydrogens is 292 g/mol. The van der Waals surface area contributed by atoms with Crippen molar-refractivity contribution in [2.45, 2.75) is 12.6 Å². The van der Waals surface area contributed by atoms with Crippen molar-refractivity contribution >= 4 is 15.9 Å². The summed E-state index contributed by atoms with van der Waals surface area (Å²) in [6, 6.07) is 0.0388. The monoisotopic (exact) mass is 293 g/mol. The second kappa shape index (κ2) is 3.99. The molecule has 1 rings (SSSR count). The fourth-order valence-electron chi connectivity index (χ4n) is 0.837. The fourth-order valence-corrected chi connectivity index (χ4v) is 1.28. The highest BCUT2D eigenvalue weighted by Crippen LogP contribution is 2.35. The van der Waals surface area contributed by atoms with E-state index >= 15 is 0 Å². The summed E-state index contributed by atoms with van der Waals surface area (Å²) in [4.78, 5) is 2.71. The van der Waals surface area contributed by atoms with Crippen LogP contribution in [0.1, 0.15) is 17.6 Å². The van der Waals surface area contributed by atoms with Gasteiger partial charge in [-0.3, -0.25) is 0 Å². The van der Waals surface area contributed by atoms with Gasteiger partial charge in [-0.25, -0.2) is 13.8 Å². The standard InChI is InChI=1S/C7H2BrF6N/c8-4-2(5(9)10)1-3(6(11)15-4)7(12,13)14/h1,5H. The number of alkyl halides is 5. The van der Waals surface area contributed by atoms with Gasteiger partial charge in [-0.1, -0.05) is 0 Å². The van der Waals surface area contributed by atoms with Crippen LogP contribution in [0.25, 0.3) is 0 Å². The van der Waals surface area contributed by atoms with Crippen molar-refractivity contribution in [1.29, 1.82) is 0 Å². The van der Waals surface area contributed by atoms with Gasteiger partial charge in [0.1, 0.15) is 10.2 Å². The first-order valence-corrected chi connectivity index (χ1v) is 4.24. The average Bonchev–Trinajstić information content (AvgIpc) is 2.00. The van der Waals surface area contributed by atoms with E-state index in [4.69, 9.17) is 0 Å². The minimum atomic E-state index is -5.04. The van der Waals surface area contributed by atoms with Crippen LogP contribution in [0.2, 0.25) is 0 Å². The number of rotatable bonds is 1. The predicted molar refractivity (Wildman–Crippen MR) is 41.9 cm³/mol. The Morgan fingerprint density at radius 3 is 2.20 bits per heavy atom. The molecule has 15 heavy (non-hydrogen) atoms. The van der Waals surface area contributed by atoms with Crippen LogP contribution in [0.3, 0.4) is 0 Å². The minimum Gasteiger partial charge on any atom is -0.212 e. The fraction of sp³-hybridized carbons (Fsp3) is 0.286. The molecule has 8 heteroatoms. The highest BCUT2D eigenvalue weighted by atomic mass is 79.9. The van der Waals surface area contributed by atoms with Crippen LogP contribution in [-0.4, -0.2) is 4.98 Å². The van der Waals surface area contributed by atoms with E-state index in [1.807, 2.05) is 0 Å². The van der Waals surface area contributed by atoms with Gasteiger partial charge in [0.2, 0.25) is 5.95 Å². The highest BCUT2D eigenvalue weighted by molar-refractivity contribution is 9.10. The first kappa shape index (κ1) is 12.3. The number of pyridine rings is 1. The molecule has 0 N–H and O–H groups in total. The molecule has 0 saturated heterocycles. The van der Waals surface area contributed by atoms with E-state index in [2.05, 4.69) is 20.9 Å². The van der Waals surface area contributed by atoms with E-state index in [1.165, 1.54) is 0 Å². The second-order valence-corrected chi connectivity index (χ2v) is 3.26. The smallest absolute Gasteiger partial charge is 0.212 e. The molecule has 1 heterocycles. The largest absolute Gasteiger partial charge is 0.420 e. The SMILES string of the molecule is Fc1nc(Br)c(C(F)F)cc1C(F)(F)F. The van der Waals surface area contributed by atoms with Crippen LogP contribution in [0.4, 0.5) is 26.3 Å². The molecule has 0 fully saturated rings. The maximum atomic E-state index is 12.7. The zero-order valence-corrected chi connectivity index (χ0v) is 8.33. The molecule has 0 radical (unpaired) electrons. The molecule has 1 aromatic heterocycles. The van der Waals surface area contributed by atoms with Gasteiger partial charge in [0.25, 0.3) is 6.43 Å². The zero-order valence-electron chi connectivity index (χ0n) is 6.75. The average molecular weight is 294 g/mol. The number of hydrogen-bond acceptors (Lipinski definition) is 1. The Kier molecular flexibility index (Phi) is 3.27. The third kappa shape index (κ3) is 2.61. The summed E-state index contributed by atoms with van der Waals surface area (Å²) in [6.45, 7) is 0. The van der Waals surface area contributed by atoms with E-state index < -0.39 is 34.3 Å². The van der Waals surface area contributed by atoms with Crippen molar-refractivity contribution < 1.29 is 26.3 Å². The van der Waals surface area contributed by atoms with Crippen molar-refractivity contribution in [1.82, 2.24) is 4.98 Å². The van der Waals surface area contributed by atoms with Gasteiger partial charge in [0.05, 0.1) is 5.56 Å². The molecule has 1 nitrogen and oxygen atoms in total. The van der Waals surface area contributed by atoms with Crippen LogP contribution in [0.5, 0.6) is 0 Å². The maximum absolute atomic E-state index is 12.7. The van der Waals surface area contributed by atoms with Gasteiger partial charge >= 0.3 is 6.18 Å². The molecule has 84 valence electrons. The second-order valence-electron chi connectivity index (χ2n) is 2.51. The Balaban J connectivity index is 3.37. The normalized spacial score (nSPS) is 12.3. The molecule has 0 saturated carbocycles. The molecule has 0 amide bonds. The third-order valence-corrected chi connectivity index (χ3v) is 2.13. The molecule has 0 spiro atoms. The Morgan fingerprint density at radius 2 is 1.80 bits per heavy atom. The van der Waals surface area contributed by atoms with Gasteiger partial charge in [0.15, 0.2) is 0 Å². The summed E-state index contributed by atoms with van der Waals surface area (Å²) in [5.74, 6) is -1.83. The first-order valence-electron chi connectivity index (χ1n) is 3.44. The van der Waals surface area contributed by atoms with Crippen molar-refractivity contribution in [3.63, 3.8) is 0 Å². The molecule has 0 bridgehead atoms. The summed E-state index contributed by atoms with van der Waals surface area (Å²) in [5.41, 5.74) is -2.80. The lowest BCUT2D eigenvalue weighted by molar-refractivity contribution is -0.140. The summed E-state index contributed by atoms with van der Waals surface area (Å²) in [7, 11) is 0. The van der Waals surface area contributed by atoms with Crippen molar-refractivity contribution in [3.05, 3.63) is 27.7 Å². The first-order chi connectivity index (χ1) is 6.73. The summed E-state index contributed by atoms with van der Waals surface area (Å²) in [5, 5.41) is 0. The lowest BCUT2D eigenvalue weighted by Gasteiger charge is -2.10. The van der Waals surface area contributed by atoms with Crippen LogP contribution in [0.15, 0.2) is 10.7 Å². The summed E-state index contributed by atoms with van der Waals surface area (Å²) >= 11 is 2.45. The highest BCUT2D eigenvalue weighted by Gasteiger charge is 2.36. The molecule has 1 aromatic rings. The Bertz CT molecular complexity index is 374. The van der Waals surface area contributed by atoms with Crippen LogP contribution in [0, 0.1) is 5.95 Å². The quantitative estimate of drug-likeness (QED) is 0.564. The van der Waals surface area contributed by atoms with E-state index in [0.29, 0.717) is 0 Å². The van der Waals surface area contributed by atoms with E-state index in [9.17, 15) is 26.3 Å². The Labute approximate surface area is 88.2 Å². The van der Waals surface area contributed by atoms with Crippen molar-refractivity contribution in [2.24, 2.45) is 0 Å². The summed E-state index contributed by atoms with van der Waals surface area (Å²) < 4.78 is 72.6. The minimum absolute atomic E-state index is 0.0388. The maximum Gasteiger partial charge on any atom is 0.420 e. The zero-order chi connectivity index (χ0) is 11.8.